The Morgan fingerprint density at radius 3 is 2.21 bits per heavy atom. The molecular weight excluding hydrogens is 378 g/mol. The highest BCUT2D eigenvalue weighted by Gasteiger charge is 2.16. The zero-order valence-electron chi connectivity index (χ0n) is 16.4. The van der Waals surface area contributed by atoms with Gasteiger partial charge < -0.3 is 10.2 Å². The summed E-state index contributed by atoms with van der Waals surface area (Å²) >= 11 is 0. The second-order valence-corrected chi connectivity index (χ2v) is 8.60. The molecule has 0 saturated heterocycles. The molecule has 0 aromatic heterocycles. The van der Waals surface area contributed by atoms with Crippen LogP contribution in [-0.4, -0.2) is 45.3 Å². The van der Waals surface area contributed by atoms with Gasteiger partial charge >= 0.3 is 0 Å². The van der Waals surface area contributed by atoms with Crippen LogP contribution in [0.15, 0.2) is 53.4 Å². The standard InChI is InChI=1S/C20H25N3O4S/c1-14(2)22-28(26,27)18-10-8-16(9-11-18)19(24)21-13-15-6-5-7-17(12-15)20(25)23(3)4/h5-12,14,22H,13H2,1-4H3,(H,21,24). The van der Waals surface area contributed by atoms with Crippen molar-refractivity contribution >= 4 is 21.8 Å². The second-order valence-electron chi connectivity index (χ2n) is 6.88. The maximum absolute atomic E-state index is 12.3. The van der Waals surface area contributed by atoms with Gasteiger partial charge in [0.1, 0.15) is 0 Å². The number of hydrogen-bond donors (Lipinski definition) is 2. The van der Waals surface area contributed by atoms with Crippen LogP contribution in [0.3, 0.4) is 0 Å². The van der Waals surface area contributed by atoms with Crippen molar-refractivity contribution in [2.75, 3.05) is 14.1 Å². The quantitative estimate of drug-likeness (QED) is 0.739. The summed E-state index contributed by atoms with van der Waals surface area (Å²) in [5, 5.41) is 2.77. The molecule has 0 aliphatic rings. The van der Waals surface area contributed by atoms with Gasteiger partial charge in [0.15, 0.2) is 0 Å². The van der Waals surface area contributed by atoms with Gasteiger partial charge in [-0.25, -0.2) is 13.1 Å². The zero-order valence-corrected chi connectivity index (χ0v) is 17.2. The molecule has 2 N–H and O–H groups in total. The molecule has 0 spiro atoms. The Hall–Kier alpha value is -2.71. The van der Waals surface area contributed by atoms with Crippen LogP contribution in [0, 0.1) is 0 Å². The Labute approximate surface area is 165 Å². The molecule has 28 heavy (non-hydrogen) atoms. The molecule has 0 heterocycles. The van der Waals surface area contributed by atoms with Gasteiger partial charge in [-0.2, -0.15) is 0 Å². The molecule has 0 unspecified atom stereocenters. The van der Waals surface area contributed by atoms with E-state index in [1.165, 1.54) is 29.2 Å². The highest BCUT2D eigenvalue weighted by molar-refractivity contribution is 7.89. The predicted octanol–water partition coefficient (Wildman–Crippen LogP) is 2.01. The number of amides is 2. The molecule has 0 bridgehead atoms. The lowest BCUT2D eigenvalue weighted by molar-refractivity contribution is 0.0827. The minimum atomic E-state index is -3.59. The van der Waals surface area contributed by atoms with E-state index in [4.69, 9.17) is 0 Å². The van der Waals surface area contributed by atoms with Gasteiger partial charge in [0, 0.05) is 37.8 Å². The van der Waals surface area contributed by atoms with Crippen LogP contribution >= 0.6 is 0 Å². The smallest absolute Gasteiger partial charge is 0.253 e. The maximum atomic E-state index is 12.3. The SMILES string of the molecule is CC(C)NS(=O)(=O)c1ccc(C(=O)NCc2cccc(C(=O)N(C)C)c2)cc1. The Bertz CT molecular complexity index is 952. The number of sulfonamides is 1. The topological polar surface area (TPSA) is 95.6 Å². The van der Waals surface area contributed by atoms with Crippen molar-refractivity contribution in [1.82, 2.24) is 14.9 Å². The predicted molar refractivity (Wildman–Crippen MR) is 108 cm³/mol. The highest BCUT2D eigenvalue weighted by atomic mass is 32.2. The third-order valence-electron chi connectivity index (χ3n) is 3.85. The Morgan fingerprint density at radius 1 is 1.00 bits per heavy atom. The Morgan fingerprint density at radius 2 is 1.64 bits per heavy atom. The van der Waals surface area contributed by atoms with E-state index in [0.717, 1.165) is 5.56 Å². The van der Waals surface area contributed by atoms with Gasteiger partial charge in [-0.1, -0.05) is 12.1 Å². The van der Waals surface area contributed by atoms with Crippen molar-refractivity contribution in [3.05, 3.63) is 65.2 Å². The summed E-state index contributed by atoms with van der Waals surface area (Å²) in [6.07, 6.45) is 0. The first-order valence-corrected chi connectivity index (χ1v) is 10.3. The highest BCUT2D eigenvalue weighted by Crippen LogP contribution is 2.12. The van der Waals surface area contributed by atoms with Gasteiger partial charge in [0.25, 0.3) is 11.8 Å². The molecular formula is C20H25N3O4S. The van der Waals surface area contributed by atoms with Crippen molar-refractivity contribution in [2.24, 2.45) is 0 Å². The molecule has 2 aromatic rings. The van der Waals surface area contributed by atoms with E-state index in [1.807, 2.05) is 6.07 Å². The first kappa shape index (κ1) is 21.6. The first-order chi connectivity index (χ1) is 13.1. The van der Waals surface area contributed by atoms with Crippen LogP contribution in [0.5, 0.6) is 0 Å². The number of rotatable bonds is 7. The molecule has 0 saturated carbocycles. The van der Waals surface area contributed by atoms with E-state index < -0.39 is 10.0 Å². The summed E-state index contributed by atoms with van der Waals surface area (Å²) in [5.41, 5.74) is 1.69. The Balaban J connectivity index is 2.04. The second kappa shape index (κ2) is 8.99. The van der Waals surface area contributed by atoms with Crippen LogP contribution in [0.4, 0.5) is 0 Å². The zero-order chi connectivity index (χ0) is 20.9. The van der Waals surface area contributed by atoms with Gasteiger partial charge in [0.2, 0.25) is 10.0 Å². The van der Waals surface area contributed by atoms with Crippen LogP contribution in [0.1, 0.15) is 40.1 Å². The molecule has 2 rings (SSSR count). The lowest BCUT2D eigenvalue weighted by Gasteiger charge is -2.12. The van der Waals surface area contributed by atoms with Gasteiger partial charge in [0.05, 0.1) is 4.90 Å². The molecule has 2 aromatic carbocycles. The summed E-state index contributed by atoms with van der Waals surface area (Å²) in [7, 11) is -0.239. The lowest BCUT2D eigenvalue weighted by atomic mass is 10.1. The Kier molecular flexibility index (Phi) is 6.93. The van der Waals surface area contributed by atoms with Crippen LogP contribution in [-0.2, 0) is 16.6 Å². The molecule has 150 valence electrons. The van der Waals surface area contributed by atoms with Crippen molar-refractivity contribution < 1.29 is 18.0 Å². The monoisotopic (exact) mass is 403 g/mol. The van der Waals surface area contributed by atoms with Crippen molar-refractivity contribution in [2.45, 2.75) is 31.3 Å². The van der Waals surface area contributed by atoms with E-state index >= 15 is 0 Å². The van der Waals surface area contributed by atoms with Crippen LogP contribution in [0.25, 0.3) is 0 Å². The number of nitrogens with zero attached hydrogens (tertiary/aromatic N) is 1. The number of carbonyl (C=O) groups excluding carboxylic acids is 2. The van der Waals surface area contributed by atoms with Gasteiger partial charge in [-0.15, -0.1) is 0 Å². The molecule has 2 amide bonds. The fourth-order valence-corrected chi connectivity index (χ4v) is 3.77. The normalized spacial score (nSPS) is 11.3. The van der Waals surface area contributed by atoms with Crippen LogP contribution in [0.2, 0.25) is 0 Å². The van der Waals surface area contributed by atoms with E-state index in [-0.39, 0.29) is 29.3 Å². The lowest BCUT2D eigenvalue weighted by Crippen LogP contribution is -2.30. The van der Waals surface area contributed by atoms with E-state index in [2.05, 4.69) is 10.0 Å². The van der Waals surface area contributed by atoms with Crippen LogP contribution < -0.4 is 10.0 Å². The molecule has 0 atom stereocenters. The summed E-state index contributed by atoms with van der Waals surface area (Å²) in [4.78, 5) is 25.9. The molecule has 0 radical (unpaired) electrons. The number of nitrogens with one attached hydrogen (secondary N) is 2. The molecule has 0 fully saturated rings. The van der Waals surface area contributed by atoms with Gasteiger partial charge in [-0.3, -0.25) is 9.59 Å². The van der Waals surface area contributed by atoms with Gasteiger partial charge in [-0.05, 0) is 55.8 Å². The molecule has 7 nitrogen and oxygen atoms in total. The number of benzene rings is 2. The summed E-state index contributed by atoms with van der Waals surface area (Å²) in [6.45, 7) is 3.73. The fraction of sp³-hybridized carbons (Fsp3) is 0.300. The molecule has 0 aliphatic heterocycles. The fourth-order valence-electron chi connectivity index (χ4n) is 2.52. The number of hydrogen-bond acceptors (Lipinski definition) is 4. The van der Waals surface area contributed by atoms with E-state index in [9.17, 15) is 18.0 Å². The molecule has 8 heteroatoms. The van der Waals surface area contributed by atoms with E-state index in [1.54, 1.807) is 46.1 Å². The summed E-state index contributed by atoms with van der Waals surface area (Å²) < 4.78 is 26.7. The van der Waals surface area contributed by atoms with Crippen molar-refractivity contribution in [3.63, 3.8) is 0 Å². The minimum absolute atomic E-state index is 0.104. The number of carbonyl (C=O) groups is 2. The van der Waals surface area contributed by atoms with E-state index in [0.29, 0.717) is 11.1 Å². The first-order valence-electron chi connectivity index (χ1n) is 8.81. The average Bonchev–Trinajstić information content (AvgIpc) is 2.64. The average molecular weight is 404 g/mol. The molecule has 0 aliphatic carbocycles. The minimum Gasteiger partial charge on any atom is -0.348 e. The largest absolute Gasteiger partial charge is 0.348 e. The third kappa shape index (κ3) is 5.64. The maximum Gasteiger partial charge on any atom is 0.253 e. The van der Waals surface area contributed by atoms with Crippen molar-refractivity contribution in [1.29, 1.82) is 0 Å². The van der Waals surface area contributed by atoms with Crippen molar-refractivity contribution in [3.8, 4) is 0 Å². The summed E-state index contributed by atoms with van der Waals surface area (Å²) in [6, 6.07) is 12.6. The third-order valence-corrected chi connectivity index (χ3v) is 5.53. The summed E-state index contributed by atoms with van der Waals surface area (Å²) in [5.74, 6) is -0.440.